The molecule has 8 heteroatoms. The summed E-state index contributed by atoms with van der Waals surface area (Å²) in [6.45, 7) is -0.151. The van der Waals surface area contributed by atoms with Crippen LogP contribution in [0.15, 0.2) is 45.7 Å². The van der Waals surface area contributed by atoms with Crippen LogP contribution in [0.2, 0.25) is 5.02 Å². The second kappa shape index (κ2) is 6.47. The maximum atomic E-state index is 11.9. The third kappa shape index (κ3) is 3.75. The quantitative estimate of drug-likeness (QED) is 0.632. The number of rotatable bonds is 4. The lowest BCUT2D eigenvalue weighted by atomic mass is 10.3. The first-order chi connectivity index (χ1) is 11.0. The summed E-state index contributed by atoms with van der Waals surface area (Å²) < 4.78 is 6.11. The van der Waals surface area contributed by atoms with Crippen molar-refractivity contribution in [1.82, 2.24) is 9.97 Å². The minimum absolute atomic E-state index is 0.151. The van der Waals surface area contributed by atoms with Crippen molar-refractivity contribution >= 4 is 50.2 Å². The molecular weight excluding hydrogens is 386 g/mol. The van der Waals surface area contributed by atoms with Crippen molar-refractivity contribution in [2.75, 3.05) is 11.9 Å². The first kappa shape index (κ1) is 15.6. The molecule has 0 bridgehead atoms. The Hall–Kier alpha value is -2.25. The van der Waals surface area contributed by atoms with Gasteiger partial charge >= 0.3 is 5.69 Å². The van der Waals surface area contributed by atoms with Crippen molar-refractivity contribution in [2.24, 2.45) is 0 Å². The van der Waals surface area contributed by atoms with Gasteiger partial charge in [0, 0.05) is 10.7 Å². The van der Waals surface area contributed by atoms with E-state index in [0.29, 0.717) is 32.0 Å². The van der Waals surface area contributed by atoms with Crippen LogP contribution >= 0.6 is 27.5 Å². The summed E-state index contributed by atoms with van der Waals surface area (Å²) in [7, 11) is 0. The van der Waals surface area contributed by atoms with Gasteiger partial charge in [0.2, 0.25) is 0 Å². The number of hydrogen-bond donors (Lipinski definition) is 3. The van der Waals surface area contributed by atoms with E-state index in [-0.39, 0.29) is 18.2 Å². The Bertz CT molecular complexity index is 935. The molecular formula is C15H11BrClN3O3. The molecule has 0 unspecified atom stereocenters. The number of carbonyl (C=O) groups excluding carboxylic acids is 1. The number of H-pyrrole nitrogens is 2. The second-order valence-corrected chi connectivity index (χ2v) is 6.04. The number of aromatic amines is 2. The molecule has 0 atom stereocenters. The predicted molar refractivity (Wildman–Crippen MR) is 92.2 cm³/mol. The highest BCUT2D eigenvalue weighted by Crippen LogP contribution is 2.27. The molecule has 0 saturated heterocycles. The number of aromatic nitrogens is 2. The highest BCUT2D eigenvalue weighted by Gasteiger charge is 2.08. The number of hydrogen-bond acceptors (Lipinski definition) is 3. The van der Waals surface area contributed by atoms with E-state index in [9.17, 15) is 9.59 Å². The van der Waals surface area contributed by atoms with Crippen LogP contribution in [0.1, 0.15) is 0 Å². The van der Waals surface area contributed by atoms with Gasteiger partial charge in [-0.2, -0.15) is 0 Å². The van der Waals surface area contributed by atoms with E-state index in [0.717, 1.165) is 0 Å². The number of carbonyl (C=O) groups is 1. The summed E-state index contributed by atoms with van der Waals surface area (Å²) in [5.41, 5.74) is 1.57. The molecule has 1 amide bonds. The van der Waals surface area contributed by atoms with Crippen LogP contribution in [0.4, 0.5) is 5.69 Å². The van der Waals surface area contributed by atoms with Crippen LogP contribution < -0.4 is 15.7 Å². The zero-order valence-corrected chi connectivity index (χ0v) is 14.0. The molecule has 3 rings (SSSR count). The van der Waals surface area contributed by atoms with Gasteiger partial charge in [0.25, 0.3) is 5.91 Å². The van der Waals surface area contributed by atoms with Crippen molar-refractivity contribution < 1.29 is 9.53 Å². The van der Waals surface area contributed by atoms with Crippen molar-refractivity contribution in [2.45, 2.75) is 0 Å². The highest BCUT2D eigenvalue weighted by atomic mass is 79.9. The van der Waals surface area contributed by atoms with Crippen LogP contribution in [0.5, 0.6) is 5.75 Å². The smallest absolute Gasteiger partial charge is 0.323 e. The fourth-order valence-corrected chi connectivity index (χ4v) is 2.84. The monoisotopic (exact) mass is 395 g/mol. The fourth-order valence-electron chi connectivity index (χ4n) is 2.04. The Morgan fingerprint density at radius 3 is 2.74 bits per heavy atom. The van der Waals surface area contributed by atoms with Crippen LogP contribution in [-0.2, 0) is 4.79 Å². The normalized spacial score (nSPS) is 10.7. The van der Waals surface area contributed by atoms with E-state index in [1.54, 1.807) is 36.4 Å². The summed E-state index contributed by atoms with van der Waals surface area (Å²) in [4.78, 5) is 28.4. The first-order valence-electron chi connectivity index (χ1n) is 6.61. The molecule has 23 heavy (non-hydrogen) atoms. The molecule has 118 valence electrons. The zero-order chi connectivity index (χ0) is 16.4. The van der Waals surface area contributed by atoms with E-state index < -0.39 is 0 Å². The van der Waals surface area contributed by atoms with Gasteiger partial charge in [0.15, 0.2) is 6.61 Å². The average molecular weight is 397 g/mol. The summed E-state index contributed by atoms with van der Waals surface area (Å²) in [6, 6.07) is 10.1. The van der Waals surface area contributed by atoms with Gasteiger partial charge in [-0.05, 0) is 52.3 Å². The Labute approximate surface area is 143 Å². The van der Waals surface area contributed by atoms with E-state index in [4.69, 9.17) is 16.3 Å². The van der Waals surface area contributed by atoms with Crippen molar-refractivity contribution in [3.05, 3.63) is 56.4 Å². The number of anilines is 1. The number of amides is 1. The van der Waals surface area contributed by atoms with Gasteiger partial charge in [0.05, 0.1) is 15.5 Å². The topological polar surface area (TPSA) is 87.0 Å². The molecule has 0 aliphatic heterocycles. The zero-order valence-electron chi connectivity index (χ0n) is 11.7. The van der Waals surface area contributed by atoms with Gasteiger partial charge in [-0.3, -0.25) is 4.79 Å². The van der Waals surface area contributed by atoms with Gasteiger partial charge in [-0.15, -0.1) is 0 Å². The Morgan fingerprint density at radius 1 is 1.17 bits per heavy atom. The third-order valence-electron chi connectivity index (χ3n) is 3.05. The molecule has 0 aliphatic carbocycles. The van der Waals surface area contributed by atoms with E-state index in [1.807, 2.05) is 0 Å². The highest BCUT2D eigenvalue weighted by molar-refractivity contribution is 9.10. The lowest BCUT2D eigenvalue weighted by molar-refractivity contribution is -0.118. The maximum Gasteiger partial charge on any atom is 0.323 e. The van der Waals surface area contributed by atoms with Gasteiger partial charge in [0.1, 0.15) is 5.75 Å². The lowest BCUT2D eigenvalue weighted by Crippen LogP contribution is -2.20. The molecule has 3 aromatic rings. The number of ether oxygens (including phenoxy) is 1. The molecule has 0 fully saturated rings. The summed E-state index contributed by atoms with van der Waals surface area (Å²) in [5.74, 6) is 0.207. The number of fused-ring (bicyclic) bond motifs is 1. The molecule has 1 aromatic heterocycles. The Morgan fingerprint density at radius 2 is 1.96 bits per heavy atom. The average Bonchev–Trinajstić information content (AvgIpc) is 2.85. The van der Waals surface area contributed by atoms with E-state index >= 15 is 0 Å². The Balaban J connectivity index is 1.64. The largest absolute Gasteiger partial charge is 0.483 e. The molecule has 0 radical (unpaired) electrons. The number of benzene rings is 2. The first-order valence-corrected chi connectivity index (χ1v) is 7.78. The van der Waals surface area contributed by atoms with Crippen LogP contribution in [0.25, 0.3) is 11.0 Å². The summed E-state index contributed by atoms with van der Waals surface area (Å²) in [6.07, 6.45) is 0. The molecule has 0 saturated carbocycles. The summed E-state index contributed by atoms with van der Waals surface area (Å²) in [5, 5.41) is 3.27. The molecule has 3 N–H and O–H groups in total. The van der Waals surface area contributed by atoms with Crippen molar-refractivity contribution in [3.8, 4) is 5.75 Å². The maximum absolute atomic E-state index is 11.9. The van der Waals surface area contributed by atoms with Crippen LogP contribution in [0.3, 0.4) is 0 Å². The molecule has 2 aromatic carbocycles. The molecule has 0 aliphatic rings. The van der Waals surface area contributed by atoms with E-state index in [2.05, 4.69) is 31.2 Å². The van der Waals surface area contributed by atoms with Gasteiger partial charge in [-0.25, -0.2) is 4.79 Å². The van der Waals surface area contributed by atoms with E-state index in [1.165, 1.54) is 0 Å². The lowest BCUT2D eigenvalue weighted by Gasteiger charge is -2.09. The van der Waals surface area contributed by atoms with Crippen LogP contribution in [-0.4, -0.2) is 22.5 Å². The minimum atomic E-state index is -0.316. The molecule has 1 heterocycles. The second-order valence-electron chi connectivity index (χ2n) is 4.75. The van der Waals surface area contributed by atoms with Gasteiger partial charge < -0.3 is 20.0 Å². The molecule has 6 nitrogen and oxygen atoms in total. The minimum Gasteiger partial charge on any atom is -0.483 e. The van der Waals surface area contributed by atoms with Crippen molar-refractivity contribution in [1.29, 1.82) is 0 Å². The number of halogens is 2. The van der Waals surface area contributed by atoms with Crippen LogP contribution in [0, 0.1) is 0 Å². The fraction of sp³-hybridized carbons (Fsp3) is 0.0667. The third-order valence-corrected chi connectivity index (χ3v) is 3.91. The summed E-state index contributed by atoms with van der Waals surface area (Å²) >= 11 is 9.16. The predicted octanol–water partition coefficient (Wildman–Crippen LogP) is 3.29. The van der Waals surface area contributed by atoms with Crippen molar-refractivity contribution in [3.63, 3.8) is 0 Å². The van der Waals surface area contributed by atoms with Gasteiger partial charge in [-0.1, -0.05) is 11.6 Å². The number of imidazole rings is 1. The standard InChI is InChI=1S/C15H11BrClN3O3/c16-10-5-8(17)1-4-13(10)23-7-14(21)18-9-2-3-11-12(6-9)20-15(22)19-11/h1-6H,7H2,(H,18,21)(H2,19,20,22). The Kier molecular flexibility index (Phi) is 4.40. The SMILES string of the molecule is O=C(COc1ccc(Cl)cc1Br)Nc1ccc2[nH]c(=O)[nH]c2c1. The number of nitrogens with one attached hydrogen (secondary N) is 3. The molecule has 0 spiro atoms.